The lowest BCUT2D eigenvalue weighted by molar-refractivity contribution is -0.111. The normalized spacial score (nSPS) is 11.1. The fourth-order valence-corrected chi connectivity index (χ4v) is 3.16. The largest absolute Gasteiger partial charge is 0.366 e. The lowest BCUT2D eigenvalue weighted by Crippen LogP contribution is -2.14. The van der Waals surface area contributed by atoms with Crippen LogP contribution < -0.4 is 11.1 Å². The number of nitrogens with one attached hydrogen (secondary N) is 1. The molecule has 8 heteroatoms. The number of hydrogen-bond donors (Lipinski definition) is 2. The second-order valence-electron chi connectivity index (χ2n) is 6.81. The van der Waals surface area contributed by atoms with E-state index in [4.69, 9.17) is 17.3 Å². The monoisotopic (exact) mass is 426 g/mol. The van der Waals surface area contributed by atoms with Crippen molar-refractivity contribution in [2.45, 2.75) is 20.4 Å². The first kappa shape index (κ1) is 21.3. The number of nitrogens with zero attached hydrogens (tertiary/aromatic N) is 2. The van der Waals surface area contributed by atoms with E-state index in [0.29, 0.717) is 23.0 Å². The van der Waals surface area contributed by atoms with Crippen LogP contribution in [-0.2, 0) is 11.3 Å². The summed E-state index contributed by atoms with van der Waals surface area (Å²) in [5.41, 5.74) is 8.59. The first-order valence-corrected chi connectivity index (χ1v) is 9.49. The van der Waals surface area contributed by atoms with Crippen molar-refractivity contribution in [3.63, 3.8) is 0 Å². The molecule has 2 aromatic carbocycles. The van der Waals surface area contributed by atoms with Crippen molar-refractivity contribution >= 4 is 35.2 Å². The van der Waals surface area contributed by atoms with E-state index in [1.807, 2.05) is 31.2 Å². The molecule has 0 atom stereocenters. The Labute approximate surface area is 178 Å². The van der Waals surface area contributed by atoms with E-state index < -0.39 is 17.6 Å². The lowest BCUT2D eigenvalue weighted by Gasteiger charge is -2.05. The molecule has 0 aliphatic heterocycles. The highest BCUT2D eigenvalue weighted by molar-refractivity contribution is 6.31. The maximum absolute atomic E-state index is 13.5. The van der Waals surface area contributed by atoms with Crippen molar-refractivity contribution < 1.29 is 14.0 Å². The Morgan fingerprint density at radius 2 is 1.90 bits per heavy atom. The molecule has 2 amide bonds. The molecule has 3 aromatic rings. The van der Waals surface area contributed by atoms with Crippen molar-refractivity contribution in [2.75, 3.05) is 5.32 Å². The topological polar surface area (TPSA) is 90.0 Å². The van der Waals surface area contributed by atoms with Crippen LogP contribution in [0.4, 0.5) is 10.1 Å². The molecule has 0 aliphatic carbocycles. The maximum Gasteiger partial charge on any atom is 0.251 e. The zero-order valence-corrected chi connectivity index (χ0v) is 17.2. The molecule has 0 bridgehead atoms. The van der Waals surface area contributed by atoms with Crippen LogP contribution in [0.1, 0.15) is 32.7 Å². The number of halogens is 2. The zero-order chi connectivity index (χ0) is 21.8. The summed E-state index contributed by atoms with van der Waals surface area (Å²) in [5, 5.41) is 7.41. The molecule has 0 saturated carbocycles. The van der Waals surface area contributed by atoms with Crippen LogP contribution in [0.5, 0.6) is 0 Å². The molecule has 0 fully saturated rings. The average molecular weight is 427 g/mol. The van der Waals surface area contributed by atoms with Gasteiger partial charge in [-0.1, -0.05) is 41.4 Å². The van der Waals surface area contributed by atoms with Crippen LogP contribution in [0.15, 0.2) is 48.5 Å². The molecule has 6 nitrogen and oxygen atoms in total. The molecule has 3 rings (SSSR count). The van der Waals surface area contributed by atoms with E-state index in [1.165, 1.54) is 23.8 Å². The van der Waals surface area contributed by atoms with Gasteiger partial charge in [-0.3, -0.25) is 9.59 Å². The van der Waals surface area contributed by atoms with Crippen LogP contribution in [-0.4, -0.2) is 21.6 Å². The smallest absolute Gasteiger partial charge is 0.251 e. The molecule has 1 heterocycles. The molecule has 0 aliphatic rings. The Morgan fingerprint density at radius 3 is 2.57 bits per heavy atom. The molecule has 3 N–H and O–H groups in total. The minimum absolute atomic E-state index is 0.248. The van der Waals surface area contributed by atoms with Gasteiger partial charge in [0, 0.05) is 17.3 Å². The van der Waals surface area contributed by atoms with E-state index in [-0.39, 0.29) is 11.3 Å². The number of aryl methyl sites for hydroxylation is 2. The third kappa shape index (κ3) is 4.93. The standard InChI is InChI=1S/C22H20ClFN4O2/c1-13-3-5-15(6-4-13)12-28-21(23)17(14(2)27-28)8-10-20(29)26-16-7-9-19(24)18(11-16)22(25)30/h3-11H,12H2,1-2H3,(H2,25,30)(H,26,29)/b10-8+. The third-order valence-corrected chi connectivity index (χ3v) is 4.86. The van der Waals surface area contributed by atoms with E-state index in [9.17, 15) is 14.0 Å². The number of rotatable bonds is 6. The molecule has 1 aromatic heterocycles. The summed E-state index contributed by atoms with van der Waals surface area (Å²) in [5.74, 6) is -2.14. The van der Waals surface area contributed by atoms with E-state index in [2.05, 4.69) is 10.4 Å². The molecule has 0 radical (unpaired) electrons. The average Bonchev–Trinajstić information content (AvgIpc) is 2.96. The van der Waals surface area contributed by atoms with Crippen molar-refractivity contribution in [3.05, 3.63) is 87.5 Å². The summed E-state index contributed by atoms with van der Waals surface area (Å²) in [6, 6.07) is 11.6. The molecular weight excluding hydrogens is 407 g/mol. The minimum Gasteiger partial charge on any atom is -0.366 e. The van der Waals surface area contributed by atoms with E-state index in [0.717, 1.165) is 11.6 Å². The number of anilines is 1. The molecular formula is C22H20ClFN4O2. The van der Waals surface area contributed by atoms with Crippen molar-refractivity contribution in [1.29, 1.82) is 0 Å². The van der Waals surface area contributed by atoms with Gasteiger partial charge >= 0.3 is 0 Å². The van der Waals surface area contributed by atoms with Crippen molar-refractivity contribution in [3.8, 4) is 0 Å². The van der Waals surface area contributed by atoms with Gasteiger partial charge in [0.25, 0.3) is 5.91 Å². The molecule has 0 unspecified atom stereocenters. The van der Waals surface area contributed by atoms with E-state index in [1.54, 1.807) is 17.7 Å². The fraction of sp³-hybridized carbons (Fsp3) is 0.136. The lowest BCUT2D eigenvalue weighted by atomic mass is 10.1. The number of primary amides is 1. The number of nitrogens with two attached hydrogens (primary N) is 1. The number of aromatic nitrogens is 2. The summed E-state index contributed by atoms with van der Waals surface area (Å²) in [4.78, 5) is 23.5. The highest BCUT2D eigenvalue weighted by atomic mass is 35.5. The highest BCUT2D eigenvalue weighted by Crippen LogP contribution is 2.23. The number of benzene rings is 2. The summed E-state index contributed by atoms with van der Waals surface area (Å²) < 4.78 is 15.2. The van der Waals surface area contributed by atoms with Crippen LogP contribution in [0.2, 0.25) is 5.15 Å². The first-order valence-electron chi connectivity index (χ1n) is 9.11. The van der Waals surface area contributed by atoms with Gasteiger partial charge in [0.1, 0.15) is 11.0 Å². The third-order valence-electron chi connectivity index (χ3n) is 4.46. The Balaban J connectivity index is 1.73. The second-order valence-corrected chi connectivity index (χ2v) is 7.17. The summed E-state index contributed by atoms with van der Waals surface area (Å²) in [6.07, 6.45) is 2.85. The van der Waals surface area contributed by atoms with Crippen LogP contribution in [0.3, 0.4) is 0 Å². The summed E-state index contributed by atoms with van der Waals surface area (Å²) in [7, 11) is 0. The van der Waals surface area contributed by atoms with Crippen LogP contribution >= 0.6 is 11.6 Å². The highest BCUT2D eigenvalue weighted by Gasteiger charge is 2.13. The Morgan fingerprint density at radius 1 is 1.20 bits per heavy atom. The Kier molecular flexibility index (Phi) is 6.32. The van der Waals surface area contributed by atoms with Gasteiger partial charge in [0.2, 0.25) is 5.91 Å². The van der Waals surface area contributed by atoms with Gasteiger partial charge in [0.15, 0.2) is 0 Å². The minimum atomic E-state index is -0.914. The van der Waals surface area contributed by atoms with Gasteiger partial charge in [0.05, 0.1) is 17.8 Å². The first-order chi connectivity index (χ1) is 14.2. The zero-order valence-electron chi connectivity index (χ0n) is 16.4. The molecule has 0 spiro atoms. The maximum atomic E-state index is 13.5. The van der Waals surface area contributed by atoms with Crippen molar-refractivity contribution in [1.82, 2.24) is 9.78 Å². The molecule has 154 valence electrons. The molecule has 0 saturated heterocycles. The van der Waals surface area contributed by atoms with Gasteiger partial charge in [-0.05, 0) is 43.7 Å². The van der Waals surface area contributed by atoms with Crippen molar-refractivity contribution in [2.24, 2.45) is 5.73 Å². The number of carbonyl (C=O) groups excluding carboxylic acids is 2. The second kappa shape index (κ2) is 8.92. The Bertz CT molecular complexity index is 1140. The number of carbonyl (C=O) groups is 2. The van der Waals surface area contributed by atoms with Gasteiger partial charge in [-0.15, -0.1) is 0 Å². The van der Waals surface area contributed by atoms with Gasteiger partial charge < -0.3 is 11.1 Å². The van der Waals surface area contributed by atoms with Crippen LogP contribution in [0, 0.1) is 19.7 Å². The van der Waals surface area contributed by atoms with E-state index >= 15 is 0 Å². The van der Waals surface area contributed by atoms with Gasteiger partial charge in [-0.2, -0.15) is 5.10 Å². The summed E-state index contributed by atoms with van der Waals surface area (Å²) >= 11 is 6.45. The predicted octanol–water partition coefficient (Wildman–Crippen LogP) is 4.09. The predicted molar refractivity (Wildman–Crippen MR) is 115 cm³/mol. The van der Waals surface area contributed by atoms with Crippen LogP contribution in [0.25, 0.3) is 6.08 Å². The summed E-state index contributed by atoms with van der Waals surface area (Å²) in [6.45, 7) is 4.32. The Hall–Kier alpha value is -3.45. The molecule has 30 heavy (non-hydrogen) atoms. The fourth-order valence-electron chi connectivity index (χ4n) is 2.86. The number of hydrogen-bond acceptors (Lipinski definition) is 3. The van der Waals surface area contributed by atoms with Gasteiger partial charge in [-0.25, -0.2) is 9.07 Å². The number of amides is 2. The SMILES string of the molecule is Cc1ccc(Cn2nc(C)c(/C=C/C(=O)Nc3ccc(F)c(C(N)=O)c3)c2Cl)cc1. The quantitative estimate of drug-likeness (QED) is 0.581.